The van der Waals surface area contributed by atoms with Crippen LogP contribution in [0.5, 0.6) is 0 Å². The zero-order valence-corrected chi connectivity index (χ0v) is 13.7. The number of hydrogen-bond acceptors (Lipinski definition) is 4. The average molecular weight is 320 g/mol. The molecule has 0 amide bonds. The van der Waals surface area contributed by atoms with Crippen molar-refractivity contribution < 1.29 is 14.3 Å². The van der Waals surface area contributed by atoms with Gasteiger partial charge in [0.1, 0.15) is 5.82 Å². The van der Waals surface area contributed by atoms with E-state index in [0.717, 1.165) is 45.4 Å². The summed E-state index contributed by atoms with van der Waals surface area (Å²) in [5.74, 6) is -0.449. The van der Waals surface area contributed by atoms with Gasteiger partial charge >= 0.3 is 0 Å². The van der Waals surface area contributed by atoms with Crippen LogP contribution < -0.4 is 4.90 Å². The van der Waals surface area contributed by atoms with E-state index in [0.29, 0.717) is 11.3 Å². The van der Waals surface area contributed by atoms with Crippen molar-refractivity contribution in [3.63, 3.8) is 0 Å². The molecule has 2 atom stereocenters. The molecular weight excluding hydrogens is 295 g/mol. The van der Waals surface area contributed by atoms with Gasteiger partial charge in [-0.3, -0.25) is 9.69 Å². The number of benzene rings is 1. The summed E-state index contributed by atoms with van der Waals surface area (Å²) in [6, 6.07) is 4.99. The highest BCUT2D eigenvalue weighted by molar-refractivity contribution is 5.94. The molecule has 2 aliphatic rings. The topological polar surface area (TPSA) is 43.8 Å². The van der Waals surface area contributed by atoms with Gasteiger partial charge in [0.05, 0.1) is 11.8 Å². The zero-order valence-electron chi connectivity index (χ0n) is 13.7. The number of aliphatic hydroxyl groups excluding tert-OH is 1. The molecule has 126 valence electrons. The predicted octanol–water partition coefficient (Wildman–Crippen LogP) is 2.45. The molecule has 1 heterocycles. The van der Waals surface area contributed by atoms with Gasteiger partial charge in [0, 0.05) is 37.8 Å². The summed E-state index contributed by atoms with van der Waals surface area (Å²) in [4.78, 5) is 15.7. The Morgan fingerprint density at radius 2 is 1.87 bits per heavy atom. The second kappa shape index (κ2) is 6.97. The number of rotatable bonds is 3. The van der Waals surface area contributed by atoms with E-state index in [1.165, 1.54) is 19.4 Å². The second-order valence-electron chi connectivity index (χ2n) is 6.66. The van der Waals surface area contributed by atoms with Crippen LogP contribution in [0.3, 0.4) is 0 Å². The molecule has 5 heteroatoms. The van der Waals surface area contributed by atoms with Crippen molar-refractivity contribution in [1.29, 1.82) is 0 Å². The molecule has 0 bridgehead atoms. The first-order chi connectivity index (χ1) is 11.1. The van der Waals surface area contributed by atoms with Crippen LogP contribution in [0, 0.1) is 5.82 Å². The first-order valence-electron chi connectivity index (χ1n) is 8.54. The Morgan fingerprint density at radius 3 is 2.48 bits per heavy atom. The summed E-state index contributed by atoms with van der Waals surface area (Å²) in [6.45, 7) is 4.63. The molecule has 1 aliphatic carbocycles. The van der Waals surface area contributed by atoms with E-state index in [1.54, 1.807) is 12.1 Å². The minimum absolute atomic E-state index is 0.119. The van der Waals surface area contributed by atoms with E-state index in [1.807, 2.05) is 4.90 Å². The zero-order chi connectivity index (χ0) is 16.4. The number of aliphatic hydroxyl groups is 1. The van der Waals surface area contributed by atoms with E-state index < -0.39 is 0 Å². The summed E-state index contributed by atoms with van der Waals surface area (Å²) in [5, 5.41) is 10.2. The van der Waals surface area contributed by atoms with Crippen molar-refractivity contribution >= 4 is 11.5 Å². The van der Waals surface area contributed by atoms with Crippen molar-refractivity contribution in [2.24, 2.45) is 0 Å². The monoisotopic (exact) mass is 320 g/mol. The third-order valence-corrected chi connectivity index (χ3v) is 5.17. The number of carbonyl (C=O) groups is 1. The number of anilines is 1. The maximum absolute atomic E-state index is 14.3. The third-order valence-electron chi connectivity index (χ3n) is 5.17. The molecule has 2 fully saturated rings. The predicted molar refractivity (Wildman–Crippen MR) is 88.5 cm³/mol. The Morgan fingerprint density at radius 1 is 1.17 bits per heavy atom. The summed E-state index contributed by atoms with van der Waals surface area (Å²) < 4.78 is 14.3. The van der Waals surface area contributed by atoms with Crippen molar-refractivity contribution in [2.75, 3.05) is 31.1 Å². The van der Waals surface area contributed by atoms with Crippen LogP contribution in [0.2, 0.25) is 0 Å². The fourth-order valence-corrected chi connectivity index (χ4v) is 3.79. The number of hydrogen-bond donors (Lipinski definition) is 1. The lowest BCUT2D eigenvalue weighted by Gasteiger charge is -2.43. The van der Waals surface area contributed by atoms with Gasteiger partial charge in [-0.1, -0.05) is 12.8 Å². The van der Waals surface area contributed by atoms with E-state index >= 15 is 0 Å². The number of piperazine rings is 1. The molecule has 0 radical (unpaired) electrons. The minimum Gasteiger partial charge on any atom is -0.391 e. The van der Waals surface area contributed by atoms with E-state index in [-0.39, 0.29) is 23.7 Å². The highest BCUT2D eigenvalue weighted by Gasteiger charge is 2.31. The second-order valence-corrected chi connectivity index (χ2v) is 6.66. The Kier molecular flexibility index (Phi) is 4.97. The van der Waals surface area contributed by atoms with Gasteiger partial charge in [-0.15, -0.1) is 0 Å². The molecule has 1 saturated carbocycles. The van der Waals surface area contributed by atoms with Crippen molar-refractivity contribution in [3.05, 3.63) is 29.6 Å². The van der Waals surface area contributed by atoms with Crippen LogP contribution in [-0.4, -0.2) is 54.1 Å². The maximum Gasteiger partial charge on any atom is 0.159 e. The molecule has 0 aromatic heterocycles. The maximum atomic E-state index is 14.3. The molecule has 0 spiro atoms. The van der Waals surface area contributed by atoms with Crippen molar-refractivity contribution in [1.82, 2.24) is 4.90 Å². The van der Waals surface area contributed by atoms with Crippen LogP contribution in [0.1, 0.15) is 43.0 Å². The fourth-order valence-electron chi connectivity index (χ4n) is 3.79. The molecule has 1 N–H and O–H groups in total. The molecule has 1 saturated heterocycles. The number of ketones is 1. The fraction of sp³-hybridized carbons (Fsp3) is 0.611. The van der Waals surface area contributed by atoms with Crippen LogP contribution in [0.4, 0.5) is 10.1 Å². The van der Waals surface area contributed by atoms with Gasteiger partial charge in [-0.2, -0.15) is 0 Å². The molecule has 1 aliphatic heterocycles. The third kappa shape index (κ3) is 3.56. The Labute approximate surface area is 136 Å². The molecule has 4 nitrogen and oxygen atoms in total. The lowest BCUT2D eigenvalue weighted by Crippen LogP contribution is -2.54. The lowest BCUT2D eigenvalue weighted by atomic mass is 9.91. The highest BCUT2D eigenvalue weighted by atomic mass is 19.1. The van der Waals surface area contributed by atoms with Crippen LogP contribution >= 0.6 is 0 Å². The molecule has 3 rings (SSSR count). The minimum atomic E-state index is -0.330. The van der Waals surface area contributed by atoms with Gasteiger partial charge < -0.3 is 10.0 Å². The van der Waals surface area contributed by atoms with Gasteiger partial charge in [0.2, 0.25) is 0 Å². The van der Waals surface area contributed by atoms with Gasteiger partial charge in [0.25, 0.3) is 0 Å². The van der Waals surface area contributed by atoms with Crippen molar-refractivity contribution in [2.45, 2.75) is 44.8 Å². The largest absolute Gasteiger partial charge is 0.391 e. The highest BCUT2D eigenvalue weighted by Crippen LogP contribution is 2.27. The first kappa shape index (κ1) is 16.4. The number of Topliss-reactive ketones (excluding diaryl/α,β-unsaturated/α-hetero) is 1. The van der Waals surface area contributed by atoms with Crippen LogP contribution in [0.25, 0.3) is 0 Å². The number of carbonyl (C=O) groups excluding carboxylic acids is 1. The van der Waals surface area contributed by atoms with Crippen LogP contribution in [0.15, 0.2) is 18.2 Å². The van der Waals surface area contributed by atoms with Gasteiger partial charge in [-0.05, 0) is 38.0 Å². The summed E-state index contributed by atoms with van der Waals surface area (Å²) in [6.07, 6.45) is 4.03. The number of halogens is 1. The Bertz CT molecular complexity index is 570. The van der Waals surface area contributed by atoms with Gasteiger partial charge in [-0.25, -0.2) is 4.39 Å². The molecule has 2 unspecified atom stereocenters. The molecule has 23 heavy (non-hydrogen) atoms. The smallest absolute Gasteiger partial charge is 0.159 e. The molecular formula is C18H25FN2O2. The quantitative estimate of drug-likeness (QED) is 0.869. The number of nitrogens with zero attached hydrogens (tertiary/aromatic N) is 2. The normalized spacial score (nSPS) is 26.3. The summed E-state index contributed by atoms with van der Waals surface area (Å²) >= 11 is 0. The standard InChI is InChI=1S/C18H25FN2O2/c1-13(22)14-6-7-16(15(19)12-14)20-8-10-21(11-9-20)17-4-2-3-5-18(17)23/h6-7,12,17-18,23H,2-5,8-11H2,1H3. The average Bonchev–Trinajstić information content (AvgIpc) is 2.55. The molecule has 1 aromatic rings. The Balaban J connectivity index is 1.63. The molecule has 1 aromatic carbocycles. The SMILES string of the molecule is CC(=O)c1ccc(N2CCN(C3CCCCC3O)CC2)c(F)c1. The Hall–Kier alpha value is -1.46. The van der Waals surface area contributed by atoms with Crippen LogP contribution in [-0.2, 0) is 0 Å². The lowest BCUT2D eigenvalue weighted by molar-refractivity contribution is 0.0172. The summed E-state index contributed by atoms with van der Waals surface area (Å²) in [5.41, 5.74) is 0.981. The van der Waals surface area contributed by atoms with Gasteiger partial charge in [0.15, 0.2) is 5.78 Å². The first-order valence-corrected chi connectivity index (χ1v) is 8.54. The van der Waals surface area contributed by atoms with E-state index in [2.05, 4.69) is 4.90 Å². The van der Waals surface area contributed by atoms with E-state index in [4.69, 9.17) is 0 Å². The summed E-state index contributed by atoms with van der Waals surface area (Å²) in [7, 11) is 0. The van der Waals surface area contributed by atoms with E-state index in [9.17, 15) is 14.3 Å². The van der Waals surface area contributed by atoms with Crippen molar-refractivity contribution in [3.8, 4) is 0 Å².